The Balaban J connectivity index is 2.33. The van der Waals surface area contributed by atoms with Crippen LogP contribution in [0.25, 0.3) is 0 Å². The summed E-state index contributed by atoms with van der Waals surface area (Å²) >= 11 is 0. The molecule has 1 fully saturated rings. The van der Waals surface area contributed by atoms with Crippen molar-refractivity contribution in [2.75, 3.05) is 27.4 Å². The Bertz CT molecular complexity index is 208. The Morgan fingerprint density at radius 3 is 2.80 bits per heavy atom. The molecule has 1 aliphatic rings. The molecule has 0 saturated carbocycles. The van der Waals surface area contributed by atoms with Gasteiger partial charge >= 0.3 is 0 Å². The lowest BCUT2D eigenvalue weighted by atomic mass is 9.96. The summed E-state index contributed by atoms with van der Waals surface area (Å²) < 4.78 is 10.2. The van der Waals surface area contributed by atoms with Crippen LogP contribution in [0.4, 0.5) is 0 Å². The standard InChI is InChI=1S/C11H21NO3/c1-8(4-5-14-2)11(13)10-6-9(15-3)7-12-10/h8-10,12H,4-7H2,1-3H3. The number of Topliss-reactive ketones (excluding diaryl/α,β-unsaturated/α-hetero) is 1. The molecule has 1 rings (SSSR count). The van der Waals surface area contributed by atoms with Gasteiger partial charge in [0.05, 0.1) is 12.1 Å². The molecule has 3 unspecified atom stereocenters. The van der Waals surface area contributed by atoms with E-state index in [1.807, 2.05) is 6.92 Å². The molecule has 3 atom stereocenters. The van der Waals surface area contributed by atoms with E-state index in [0.717, 1.165) is 19.4 Å². The van der Waals surface area contributed by atoms with Gasteiger partial charge in [0.1, 0.15) is 0 Å². The molecule has 0 aliphatic carbocycles. The fraction of sp³-hybridized carbons (Fsp3) is 0.909. The Kier molecular flexibility index (Phi) is 5.22. The third-order valence-corrected chi connectivity index (χ3v) is 3.01. The summed E-state index contributed by atoms with van der Waals surface area (Å²) in [4.78, 5) is 11.9. The van der Waals surface area contributed by atoms with Gasteiger partial charge in [0.2, 0.25) is 0 Å². The maximum Gasteiger partial charge on any atom is 0.152 e. The zero-order valence-corrected chi connectivity index (χ0v) is 9.79. The third kappa shape index (κ3) is 3.55. The van der Waals surface area contributed by atoms with Crippen molar-refractivity contribution < 1.29 is 14.3 Å². The van der Waals surface area contributed by atoms with Gasteiger partial charge < -0.3 is 14.8 Å². The summed E-state index contributed by atoms with van der Waals surface area (Å²) in [6, 6.07) is -0.0261. The lowest BCUT2D eigenvalue weighted by Gasteiger charge is -2.15. The van der Waals surface area contributed by atoms with Gasteiger partial charge in [-0.3, -0.25) is 4.79 Å². The smallest absolute Gasteiger partial charge is 0.152 e. The molecule has 0 amide bonds. The summed E-state index contributed by atoms with van der Waals surface area (Å²) in [5.41, 5.74) is 0. The summed E-state index contributed by atoms with van der Waals surface area (Å²) in [6.45, 7) is 3.39. The van der Waals surface area contributed by atoms with Crippen LogP contribution in [0.15, 0.2) is 0 Å². The Morgan fingerprint density at radius 2 is 2.27 bits per heavy atom. The first-order valence-corrected chi connectivity index (χ1v) is 5.47. The number of carbonyl (C=O) groups excluding carboxylic acids is 1. The second kappa shape index (κ2) is 6.20. The molecule has 1 saturated heterocycles. The number of ether oxygens (including phenoxy) is 2. The highest BCUT2D eigenvalue weighted by Crippen LogP contribution is 2.15. The molecule has 4 nitrogen and oxygen atoms in total. The Morgan fingerprint density at radius 1 is 1.53 bits per heavy atom. The van der Waals surface area contributed by atoms with Crippen LogP contribution >= 0.6 is 0 Å². The van der Waals surface area contributed by atoms with Crippen LogP contribution in [0.2, 0.25) is 0 Å². The molecular weight excluding hydrogens is 194 g/mol. The van der Waals surface area contributed by atoms with Gasteiger partial charge in [0, 0.05) is 33.3 Å². The van der Waals surface area contributed by atoms with Crippen LogP contribution in [0.3, 0.4) is 0 Å². The van der Waals surface area contributed by atoms with Crippen LogP contribution < -0.4 is 5.32 Å². The minimum Gasteiger partial charge on any atom is -0.385 e. The maximum absolute atomic E-state index is 11.9. The van der Waals surface area contributed by atoms with Crippen LogP contribution in [0.1, 0.15) is 19.8 Å². The summed E-state index contributed by atoms with van der Waals surface area (Å²) in [7, 11) is 3.35. The van der Waals surface area contributed by atoms with Crippen molar-refractivity contribution in [1.29, 1.82) is 0 Å². The zero-order chi connectivity index (χ0) is 11.3. The van der Waals surface area contributed by atoms with Crippen molar-refractivity contribution in [1.82, 2.24) is 5.32 Å². The summed E-state index contributed by atoms with van der Waals surface area (Å²) in [6.07, 6.45) is 1.78. The number of hydrogen-bond donors (Lipinski definition) is 1. The van der Waals surface area contributed by atoms with E-state index in [4.69, 9.17) is 9.47 Å². The van der Waals surface area contributed by atoms with E-state index in [1.54, 1.807) is 14.2 Å². The van der Waals surface area contributed by atoms with E-state index in [-0.39, 0.29) is 23.8 Å². The van der Waals surface area contributed by atoms with Crippen molar-refractivity contribution in [3.05, 3.63) is 0 Å². The van der Waals surface area contributed by atoms with Gasteiger partial charge in [0.25, 0.3) is 0 Å². The predicted octanol–water partition coefficient (Wildman–Crippen LogP) is 0.605. The van der Waals surface area contributed by atoms with Gasteiger partial charge in [-0.1, -0.05) is 6.92 Å². The molecule has 1 aliphatic heterocycles. The van der Waals surface area contributed by atoms with E-state index < -0.39 is 0 Å². The fourth-order valence-electron chi connectivity index (χ4n) is 1.88. The number of rotatable bonds is 6. The molecule has 0 aromatic carbocycles. The van der Waals surface area contributed by atoms with Gasteiger partial charge in [-0.15, -0.1) is 0 Å². The first kappa shape index (κ1) is 12.6. The van der Waals surface area contributed by atoms with Crippen molar-refractivity contribution in [3.8, 4) is 0 Å². The molecule has 0 aromatic heterocycles. The third-order valence-electron chi connectivity index (χ3n) is 3.01. The lowest BCUT2D eigenvalue weighted by molar-refractivity contribution is -0.124. The van der Waals surface area contributed by atoms with Crippen LogP contribution in [-0.2, 0) is 14.3 Å². The number of nitrogens with one attached hydrogen (secondary N) is 1. The largest absolute Gasteiger partial charge is 0.385 e. The highest BCUT2D eigenvalue weighted by molar-refractivity contribution is 5.86. The minimum absolute atomic E-state index is 0.0261. The highest BCUT2D eigenvalue weighted by atomic mass is 16.5. The second-order valence-corrected chi connectivity index (χ2v) is 4.14. The molecule has 1 N–H and O–H groups in total. The molecule has 88 valence electrons. The average molecular weight is 215 g/mol. The van der Waals surface area contributed by atoms with Gasteiger partial charge in [-0.05, 0) is 12.8 Å². The summed E-state index contributed by atoms with van der Waals surface area (Å²) in [5.74, 6) is 0.352. The molecule has 0 bridgehead atoms. The van der Waals surface area contributed by atoms with Gasteiger partial charge in [-0.2, -0.15) is 0 Å². The maximum atomic E-state index is 11.9. The molecule has 0 spiro atoms. The monoisotopic (exact) mass is 215 g/mol. The van der Waals surface area contributed by atoms with Crippen molar-refractivity contribution in [2.45, 2.75) is 31.9 Å². The van der Waals surface area contributed by atoms with E-state index in [0.29, 0.717) is 6.61 Å². The quantitative estimate of drug-likeness (QED) is 0.705. The number of methoxy groups -OCH3 is 2. The number of carbonyl (C=O) groups is 1. The van der Waals surface area contributed by atoms with Crippen LogP contribution in [0.5, 0.6) is 0 Å². The molecule has 4 heteroatoms. The van der Waals surface area contributed by atoms with Crippen molar-refractivity contribution in [2.24, 2.45) is 5.92 Å². The van der Waals surface area contributed by atoms with Crippen molar-refractivity contribution >= 4 is 5.78 Å². The number of ketones is 1. The van der Waals surface area contributed by atoms with Crippen LogP contribution in [0, 0.1) is 5.92 Å². The van der Waals surface area contributed by atoms with Crippen LogP contribution in [-0.4, -0.2) is 45.3 Å². The molecule has 0 aromatic rings. The average Bonchev–Trinajstić information content (AvgIpc) is 2.73. The molecule has 0 radical (unpaired) electrons. The predicted molar refractivity (Wildman–Crippen MR) is 57.9 cm³/mol. The Hall–Kier alpha value is -0.450. The topological polar surface area (TPSA) is 47.6 Å². The van der Waals surface area contributed by atoms with E-state index >= 15 is 0 Å². The number of hydrogen-bond acceptors (Lipinski definition) is 4. The molecular formula is C11H21NO3. The lowest BCUT2D eigenvalue weighted by Crippen LogP contribution is -2.35. The van der Waals surface area contributed by atoms with Gasteiger partial charge in [-0.25, -0.2) is 0 Å². The second-order valence-electron chi connectivity index (χ2n) is 4.14. The normalized spacial score (nSPS) is 27.9. The Labute approximate surface area is 91.3 Å². The van der Waals surface area contributed by atoms with E-state index in [1.165, 1.54) is 0 Å². The first-order chi connectivity index (χ1) is 7.19. The summed E-state index contributed by atoms with van der Waals surface area (Å²) in [5, 5.41) is 3.20. The highest BCUT2D eigenvalue weighted by Gasteiger charge is 2.31. The SMILES string of the molecule is COCCC(C)C(=O)C1CC(OC)CN1. The van der Waals surface area contributed by atoms with Crippen molar-refractivity contribution in [3.63, 3.8) is 0 Å². The first-order valence-electron chi connectivity index (χ1n) is 5.47. The van der Waals surface area contributed by atoms with E-state index in [2.05, 4.69) is 5.32 Å². The molecule has 15 heavy (non-hydrogen) atoms. The van der Waals surface area contributed by atoms with Gasteiger partial charge in [0.15, 0.2) is 5.78 Å². The zero-order valence-electron chi connectivity index (χ0n) is 9.79. The van der Waals surface area contributed by atoms with E-state index in [9.17, 15) is 4.79 Å². The fourth-order valence-corrected chi connectivity index (χ4v) is 1.88. The minimum atomic E-state index is -0.0261. The molecule has 1 heterocycles.